The van der Waals surface area contributed by atoms with Crippen molar-refractivity contribution in [2.75, 3.05) is 20.0 Å². The van der Waals surface area contributed by atoms with Crippen LogP contribution in [-0.4, -0.2) is 25.6 Å². The molecule has 4 heteroatoms. The van der Waals surface area contributed by atoms with Crippen molar-refractivity contribution in [1.29, 1.82) is 0 Å². The van der Waals surface area contributed by atoms with Gasteiger partial charge in [0.05, 0.1) is 5.41 Å². The van der Waals surface area contributed by atoms with Gasteiger partial charge in [0.1, 0.15) is 20.0 Å². The molecule has 0 atom stereocenters. The summed E-state index contributed by atoms with van der Waals surface area (Å²) in [4.78, 5) is 0. The Hall–Kier alpha value is -0.250. The fourth-order valence-corrected chi connectivity index (χ4v) is 1.17. The summed E-state index contributed by atoms with van der Waals surface area (Å²) in [5.41, 5.74) is 3.08. The molecule has 0 heterocycles. The Morgan fingerprint density at radius 2 is 1.45 bits per heavy atom. The van der Waals surface area contributed by atoms with E-state index in [9.17, 15) is 13.2 Å². The van der Waals surface area contributed by atoms with Gasteiger partial charge in [-0.1, -0.05) is 0 Å². The second-order valence-electron chi connectivity index (χ2n) is 3.34. The molecule has 66 valence electrons. The summed E-state index contributed by atoms with van der Waals surface area (Å²) in [5, 5.41) is 0. The van der Waals surface area contributed by atoms with Crippen molar-refractivity contribution in [3.63, 3.8) is 0 Å². The van der Waals surface area contributed by atoms with Gasteiger partial charge in [0.15, 0.2) is 0 Å². The maximum absolute atomic E-state index is 12.3. The summed E-state index contributed by atoms with van der Waals surface area (Å²) in [6.45, 7) is -3.01. The Kier molecular flexibility index (Phi) is 2.14. The molecule has 1 aliphatic carbocycles. The van der Waals surface area contributed by atoms with Crippen LogP contribution in [0.1, 0.15) is 12.8 Å². The van der Waals surface area contributed by atoms with Crippen LogP contribution in [0.25, 0.3) is 0 Å². The molecule has 0 bridgehead atoms. The van der Waals surface area contributed by atoms with E-state index in [1.54, 1.807) is 0 Å². The molecule has 0 aromatic carbocycles. The maximum Gasteiger partial charge on any atom is 0.102 e. The lowest BCUT2D eigenvalue weighted by Crippen LogP contribution is -2.49. The standard InChI is InChI=1S/C7H12F3N/c8-3-6(4-9,5-10)7(11)1-2-7/h1-5,11H2. The molecule has 1 rings (SSSR count). The smallest absolute Gasteiger partial charge is 0.102 e. The van der Waals surface area contributed by atoms with Crippen molar-refractivity contribution in [2.24, 2.45) is 11.1 Å². The van der Waals surface area contributed by atoms with Crippen LogP contribution in [0.4, 0.5) is 13.2 Å². The Morgan fingerprint density at radius 1 is 1.09 bits per heavy atom. The molecule has 1 fully saturated rings. The third kappa shape index (κ3) is 1.13. The fourth-order valence-electron chi connectivity index (χ4n) is 1.17. The summed E-state index contributed by atoms with van der Waals surface area (Å²) in [5.74, 6) is 0. The third-order valence-electron chi connectivity index (χ3n) is 2.61. The highest BCUT2D eigenvalue weighted by Crippen LogP contribution is 2.48. The summed E-state index contributed by atoms with van der Waals surface area (Å²) in [6, 6.07) is 0. The van der Waals surface area contributed by atoms with E-state index in [-0.39, 0.29) is 0 Å². The Balaban J connectivity index is 2.71. The Morgan fingerprint density at radius 3 is 1.55 bits per heavy atom. The highest BCUT2D eigenvalue weighted by atomic mass is 19.1. The monoisotopic (exact) mass is 167 g/mol. The predicted molar refractivity (Wildman–Crippen MR) is 36.5 cm³/mol. The number of alkyl halides is 3. The minimum atomic E-state index is -1.55. The van der Waals surface area contributed by atoms with Crippen LogP contribution in [0.15, 0.2) is 0 Å². The van der Waals surface area contributed by atoms with E-state index >= 15 is 0 Å². The van der Waals surface area contributed by atoms with Crippen LogP contribution >= 0.6 is 0 Å². The van der Waals surface area contributed by atoms with Gasteiger partial charge < -0.3 is 5.73 Å². The molecular weight excluding hydrogens is 155 g/mol. The fraction of sp³-hybridized carbons (Fsp3) is 1.00. The Bertz CT molecular complexity index is 132. The quantitative estimate of drug-likeness (QED) is 0.672. The largest absolute Gasteiger partial charge is 0.324 e. The van der Waals surface area contributed by atoms with E-state index < -0.39 is 31.0 Å². The number of nitrogens with two attached hydrogens (primary N) is 1. The second-order valence-corrected chi connectivity index (χ2v) is 3.34. The molecule has 0 aliphatic heterocycles. The number of rotatable bonds is 4. The lowest BCUT2D eigenvalue weighted by atomic mass is 9.82. The van der Waals surface area contributed by atoms with Crippen molar-refractivity contribution >= 4 is 0 Å². The molecule has 0 aromatic rings. The lowest BCUT2D eigenvalue weighted by molar-refractivity contribution is 0.0720. The van der Waals surface area contributed by atoms with E-state index in [2.05, 4.69) is 0 Å². The van der Waals surface area contributed by atoms with E-state index in [0.717, 1.165) is 0 Å². The zero-order chi connectivity index (χ0) is 8.54. The van der Waals surface area contributed by atoms with Gasteiger partial charge >= 0.3 is 0 Å². The van der Waals surface area contributed by atoms with Crippen LogP contribution in [0.3, 0.4) is 0 Å². The molecule has 2 N–H and O–H groups in total. The van der Waals surface area contributed by atoms with Crippen molar-refractivity contribution < 1.29 is 13.2 Å². The Labute approximate surface area is 63.8 Å². The lowest BCUT2D eigenvalue weighted by Gasteiger charge is -2.31. The maximum atomic E-state index is 12.3. The average Bonchev–Trinajstić information content (AvgIpc) is 2.74. The first kappa shape index (κ1) is 8.84. The van der Waals surface area contributed by atoms with Crippen LogP contribution in [0.5, 0.6) is 0 Å². The van der Waals surface area contributed by atoms with E-state index in [0.29, 0.717) is 12.8 Å². The number of hydrogen-bond acceptors (Lipinski definition) is 1. The summed E-state index contributed by atoms with van der Waals surface area (Å²) < 4.78 is 36.9. The van der Waals surface area contributed by atoms with Crippen LogP contribution in [0, 0.1) is 5.41 Å². The number of hydrogen-bond donors (Lipinski definition) is 1. The number of halogens is 3. The molecule has 0 unspecified atom stereocenters. The molecule has 0 amide bonds. The highest BCUT2D eigenvalue weighted by Gasteiger charge is 2.57. The van der Waals surface area contributed by atoms with Gasteiger partial charge in [0.25, 0.3) is 0 Å². The highest BCUT2D eigenvalue weighted by molar-refractivity contribution is 5.12. The minimum absolute atomic E-state index is 0.532. The molecular formula is C7H12F3N. The van der Waals surface area contributed by atoms with E-state index in [1.165, 1.54) is 0 Å². The zero-order valence-corrected chi connectivity index (χ0v) is 6.25. The van der Waals surface area contributed by atoms with Gasteiger partial charge in [0.2, 0.25) is 0 Å². The van der Waals surface area contributed by atoms with Crippen molar-refractivity contribution in [1.82, 2.24) is 0 Å². The van der Waals surface area contributed by atoms with E-state index in [1.807, 2.05) is 0 Å². The first-order valence-electron chi connectivity index (χ1n) is 3.61. The molecule has 1 aliphatic rings. The van der Waals surface area contributed by atoms with Gasteiger partial charge in [-0.3, -0.25) is 13.2 Å². The van der Waals surface area contributed by atoms with Gasteiger partial charge in [-0.25, -0.2) is 0 Å². The average molecular weight is 167 g/mol. The second kappa shape index (κ2) is 2.66. The molecule has 1 nitrogen and oxygen atoms in total. The molecule has 1 saturated carbocycles. The van der Waals surface area contributed by atoms with Gasteiger partial charge in [0, 0.05) is 5.54 Å². The van der Waals surface area contributed by atoms with Crippen LogP contribution < -0.4 is 5.73 Å². The van der Waals surface area contributed by atoms with Gasteiger partial charge in [-0.15, -0.1) is 0 Å². The predicted octanol–water partition coefficient (Wildman–Crippen LogP) is 1.37. The molecule has 0 radical (unpaired) electrons. The van der Waals surface area contributed by atoms with Crippen molar-refractivity contribution in [3.8, 4) is 0 Å². The summed E-state index contributed by atoms with van der Waals surface area (Å²) in [7, 11) is 0. The molecule has 0 aromatic heterocycles. The van der Waals surface area contributed by atoms with Gasteiger partial charge in [-0.2, -0.15) is 0 Å². The minimum Gasteiger partial charge on any atom is -0.324 e. The van der Waals surface area contributed by atoms with Crippen molar-refractivity contribution in [3.05, 3.63) is 0 Å². The normalized spacial score (nSPS) is 21.8. The molecule has 0 spiro atoms. The SMILES string of the molecule is NC1(C(CF)(CF)CF)CC1. The summed E-state index contributed by atoms with van der Waals surface area (Å²) in [6.07, 6.45) is 1.06. The zero-order valence-electron chi connectivity index (χ0n) is 6.25. The van der Waals surface area contributed by atoms with Crippen LogP contribution in [-0.2, 0) is 0 Å². The molecule has 0 saturated heterocycles. The van der Waals surface area contributed by atoms with E-state index in [4.69, 9.17) is 5.73 Å². The topological polar surface area (TPSA) is 26.0 Å². The molecule has 11 heavy (non-hydrogen) atoms. The van der Waals surface area contributed by atoms with Crippen LogP contribution in [0.2, 0.25) is 0 Å². The first-order valence-corrected chi connectivity index (χ1v) is 3.61. The van der Waals surface area contributed by atoms with Gasteiger partial charge in [-0.05, 0) is 12.8 Å². The third-order valence-corrected chi connectivity index (χ3v) is 2.61. The van der Waals surface area contributed by atoms with Crippen molar-refractivity contribution in [2.45, 2.75) is 18.4 Å². The summed E-state index contributed by atoms with van der Waals surface area (Å²) >= 11 is 0. The first-order chi connectivity index (χ1) is 5.14.